The van der Waals surface area contributed by atoms with E-state index in [0.29, 0.717) is 18.8 Å². The van der Waals surface area contributed by atoms with Crippen LogP contribution in [0.25, 0.3) is 12.2 Å². The monoisotopic (exact) mass is 855 g/mol. The summed E-state index contributed by atoms with van der Waals surface area (Å²) < 4.78 is 11.3. The molecule has 1 heterocycles. The van der Waals surface area contributed by atoms with Crippen molar-refractivity contribution in [1.82, 2.24) is 0 Å². The smallest absolute Gasteiger partial charge is 0.306 e. The number of ether oxygens (including phenoxy) is 2. The summed E-state index contributed by atoms with van der Waals surface area (Å²) in [7, 11) is 0. The molecule has 6 heteroatoms. The molecule has 3 aliphatic rings. The Morgan fingerprint density at radius 1 is 0.619 bits per heavy atom. The summed E-state index contributed by atoms with van der Waals surface area (Å²) in [5.41, 5.74) is 10.6. The Labute approximate surface area is 378 Å². The summed E-state index contributed by atoms with van der Waals surface area (Å²) in [6.07, 6.45) is 21.2. The molecule has 0 spiro atoms. The number of cyclic esters (lactones) is 1. The molecular formula is C57H74O6. The number of aromatic hydroxyl groups is 1. The minimum atomic E-state index is -0.636. The van der Waals surface area contributed by atoms with Gasteiger partial charge in [0.05, 0.1) is 11.2 Å². The van der Waals surface area contributed by atoms with Crippen LogP contribution < -0.4 is 4.74 Å². The molecule has 0 radical (unpaired) electrons. The van der Waals surface area contributed by atoms with Crippen LogP contribution in [0.3, 0.4) is 0 Å². The highest BCUT2D eigenvalue weighted by atomic mass is 16.6. The van der Waals surface area contributed by atoms with Crippen LogP contribution >= 0.6 is 0 Å². The topological polar surface area (TPSA) is 96.2 Å². The van der Waals surface area contributed by atoms with Gasteiger partial charge in [0.15, 0.2) is 0 Å². The lowest BCUT2D eigenvalue weighted by Crippen LogP contribution is -2.26. The van der Waals surface area contributed by atoms with Crippen LogP contribution in [-0.2, 0) is 20.4 Å². The highest BCUT2D eigenvalue weighted by Gasteiger charge is 2.34. The average molecular weight is 855 g/mol. The molecule has 2 saturated carbocycles. The first-order valence-corrected chi connectivity index (χ1v) is 23.9. The maximum atomic E-state index is 11.4. The van der Waals surface area contributed by atoms with Gasteiger partial charge in [0.1, 0.15) is 24.2 Å². The lowest BCUT2D eigenvalue weighted by Gasteiger charge is -2.34. The third-order valence-electron chi connectivity index (χ3n) is 15.0. The highest BCUT2D eigenvalue weighted by molar-refractivity contribution is 5.71. The molecule has 4 aromatic carbocycles. The summed E-state index contributed by atoms with van der Waals surface area (Å²) in [6.45, 7) is 17.8. The molecule has 1 aliphatic heterocycles. The Balaban J connectivity index is 0.000000215. The third-order valence-corrected chi connectivity index (χ3v) is 15.0. The number of aryl methyl sites for hydroxylation is 4. The Kier molecular flexibility index (Phi) is 15.5. The van der Waals surface area contributed by atoms with Crippen LogP contribution in [0.2, 0.25) is 0 Å². The van der Waals surface area contributed by atoms with E-state index in [1.807, 2.05) is 25.1 Å². The van der Waals surface area contributed by atoms with Crippen LogP contribution in [0.5, 0.6) is 11.5 Å². The van der Waals surface area contributed by atoms with E-state index in [-0.39, 0.29) is 22.9 Å². The molecular weight excluding hydrogens is 781 g/mol. The van der Waals surface area contributed by atoms with Crippen LogP contribution in [-0.4, -0.2) is 45.2 Å². The van der Waals surface area contributed by atoms with Crippen LogP contribution in [0.4, 0.5) is 0 Å². The zero-order chi connectivity index (χ0) is 45.4. The molecule has 7 rings (SSSR count). The van der Waals surface area contributed by atoms with Crippen molar-refractivity contribution in [2.24, 2.45) is 0 Å². The van der Waals surface area contributed by atoms with Crippen LogP contribution in [0, 0.1) is 27.7 Å². The Bertz CT molecular complexity index is 2240. The predicted molar refractivity (Wildman–Crippen MR) is 259 cm³/mol. The molecule has 2 aliphatic carbocycles. The van der Waals surface area contributed by atoms with Crippen molar-refractivity contribution in [2.75, 3.05) is 6.61 Å². The fourth-order valence-electron chi connectivity index (χ4n) is 10.5. The first-order valence-electron chi connectivity index (χ1n) is 23.9. The quantitative estimate of drug-likeness (QED) is 0.103. The molecule has 4 aromatic rings. The van der Waals surface area contributed by atoms with Crippen molar-refractivity contribution in [3.05, 3.63) is 141 Å². The number of rotatable bonds is 15. The number of carbonyl (C=O) groups excluding carboxylic acids is 1. The summed E-state index contributed by atoms with van der Waals surface area (Å²) in [5, 5.41) is 31.2. The molecule has 0 amide bonds. The van der Waals surface area contributed by atoms with Crippen molar-refractivity contribution >= 4 is 18.1 Å². The van der Waals surface area contributed by atoms with Gasteiger partial charge in [0.2, 0.25) is 0 Å². The van der Waals surface area contributed by atoms with Crippen LogP contribution in [0.15, 0.2) is 84.9 Å². The molecule has 63 heavy (non-hydrogen) atoms. The Hall–Kier alpha value is -4.65. The van der Waals surface area contributed by atoms with Gasteiger partial charge in [-0.05, 0) is 153 Å². The SMILES string of the molecule is CCC(CC)(c1ccc(/C=C/C2(O)CCCC2)c(C)c1)c1ccc(OC[C@@H]2CCC(=O)O2)c(C)c1.CCC(CC)(c1ccc(O)c(C)c1)c1ccc(/C=C/C2(O)CCCC2)c(C)c1. The van der Waals surface area contributed by atoms with Crippen LogP contribution in [0.1, 0.15) is 173 Å². The summed E-state index contributed by atoms with van der Waals surface area (Å²) in [6, 6.07) is 26.0. The summed E-state index contributed by atoms with van der Waals surface area (Å²) in [4.78, 5) is 11.4. The molecule has 338 valence electrons. The van der Waals surface area contributed by atoms with Gasteiger partial charge in [-0.1, -0.05) is 138 Å². The zero-order valence-electron chi connectivity index (χ0n) is 39.5. The Morgan fingerprint density at radius 3 is 1.41 bits per heavy atom. The number of hydrogen-bond acceptors (Lipinski definition) is 6. The van der Waals surface area contributed by atoms with Gasteiger partial charge in [-0.25, -0.2) is 0 Å². The fourth-order valence-corrected chi connectivity index (χ4v) is 10.5. The second kappa shape index (κ2) is 20.5. The van der Waals surface area contributed by atoms with Gasteiger partial charge in [0, 0.05) is 17.3 Å². The van der Waals surface area contributed by atoms with Gasteiger partial charge >= 0.3 is 5.97 Å². The van der Waals surface area contributed by atoms with E-state index in [2.05, 4.69) is 127 Å². The van der Waals surface area contributed by atoms with E-state index in [4.69, 9.17) is 9.47 Å². The minimum Gasteiger partial charge on any atom is -0.508 e. The minimum absolute atomic E-state index is 0.0604. The number of hydrogen-bond donors (Lipinski definition) is 3. The van der Waals surface area contributed by atoms with Gasteiger partial charge in [-0.3, -0.25) is 4.79 Å². The van der Waals surface area contributed by atoms with E-state index in [1.54, 1.807) is 0 Å². The van der Waals surface area contributed by atoms with E-state index in [9.17, 15) is 20.1 Å². The van der Waals surface area contributed by atoms with Gasteiger partial charge in [0.25, 0.3) is 0 Å². The van der Waals surface area contributed by atoms with Gasteiger partial charge < -0.3 is 24.8 Å². The molecule has 1 atom stereocenters. The predicted octanol–water partition coefficient (Wildman–Crippen LogP) is 13.2. The van der Waals surface area contributed by atoms with Crippen molar-refractivity contribution in [1.29, 1.82) is 0 Å². The molecule has 3 fully saturated rings. The van der Waals surface area contributed by atoms with Gasteiger partial charge in [-0.15, -0.1) is 0 Å². The molecule has 0 unspecified atom stereocenters. The number of phenols is 1. The molecule has 3 N–H and O–H groups in total. The number of carbonyl (C=O) groups is 1. The molecule has 1 saturated heterocycles. The standard InChI is InChI=1S/C31H40O4.C26H34O2/c1-5-31(6-2,25-10-9-24(22(3)19-25)15-18-30(33)16-7-8-17-30)26-11-13-28(23(4)20-26)34-21-27-12-14-29(32)35-27;1-5-26(6-2,23-11-12-24(27)20(4)18-23)22-10-9-21(19(3)17-22)13-16-25(28)14-7-8-15-25/h9-11,13,15,18-20,27,33H,5-8,12,14,16-17,21H2,1-4H3;9-13,16-18,27-28H,5-8,14-15H2,1-4H3/b18-15+;16-13+/t27-;/m0./s1. The molecule has 0 aromatic heterocycles. The maximum Gasteiger partial charge on any atom is 0.306 e. The number of aliphatic hydroxyl groups is 2. The van der Waals surface area contributed by atoms with E-state index in [1.165, 1.54) is 44.5 Å². The summed E-state index contributed by atoms with van der Waals surface area (Å²) in [5.74, 6) is 1.07. The third kappa shape index (κ3) is 10.8. The largest absolute Gasteiger partial charge is 0.508 e. The summed E-state index contributed by atoms with van der Waals surface area (Å²) >= 11 is 0. The molecule has 6 nitrogen and oxygen atoms in total. The lowest BCUT2D eigenvalue weighted by atomic mass is 9.70. The second-order valence-electron chi connectivity index (χ2n) is 19.0. The zero-order valence-corrected chi connectivity index (χ0v) is 39.5. The Morgan fingerprint density at radius 2 is 1.03 bits per heavy atom. The fraction of sp³-hybridized carbons (Fsp3) is 0.491. The molecule has 0 bridgehead atoms. The second-order valence-corrected chi connectivity index (χ2v) is 19.0. The number of benzene rings is 4. The van der Waals surface area contributed by atoms with E-state index in [0.717, 1.165) is 100 Å². The first kappa shape index (κ1) is 47.8. The normalized spacial score (nSPS) is 18.5. The van der Waals surface area contributed by atoms with E-state index < -0.39 is 11.2 Å². The van der Waals surface area contributed by atoms with Gasteiger partial charge in [-0.2, -0.15) is 0 Å². The van der Waals surface area contributed by atoms with Crippen molar-refractivity contribution in [3.63, 3.8) is 0 Å². The van der Waals surface area contributed by atoms with Crippen molar-refractivity contribution < 1.29 is 29.6 Å². The van der Waals surface area contributed by atoms with Crippen molar-refractivity contribution in [2.45, 2.75) is 173 Å². The highest BCUT2D eigenvalue weighted by Crippen LogP contribution is 2.43. The van der Waals surface area contributed by atoms with E-state index >= 15 is 0 Å². The maximum absolute atomic E-state index is 11.4. The van der Waals surface area contributed by atoms with Crippen molar-refractivity contribution in [3.8, 4) is 11.5 Å². The number of esters is 1. The first-order chi connectivity index (χ1) is 30.1. The lowest BCUT2D eigenvalue weighted by molar-refractivity contribution is -0.142. The number of phenolic OH excluding ortho intramolecular Hbond substituents is 1. The average Bonchev–Trinajstić information content (AvgIpc) is 4.04.